The van der Waals surface area contributed by atoms with Crippen molar-refractivity contribution in [3.63, 3.8) is 0 Å². The van der Waals surface area contributed by atoms with Crippen LogP contribution < -0.4 is 5.32 Å². The number of hydrogen-bond donors (Lipinski definition) is 1. The second-order valence-electron chi connectivity index (χ2n) is 4.15. The summed E-state index contributed by atoms with van der Waals surface area (Å²) in [5, 5.41) is 3.36. The predicted molar refractivity (Wildman–Crippen MR) is 71.7 cm³/mol. The molecule has 1 aromatic rings. The number of anilines is 1. The van der Waals surface area contributed by atoms with Gasteiger partial charge in [-0.05, 0) is 36.0 Å². The minimum Gasteiger partial charge on any atom is -0.465 e. The molecule has 1 aromatic carbocycles. The van der Waals surface area contributed by atoms with Crippen LogP contribution in [0.3, 0.4) is 0 Å². The summed E-state index contributed by atoms with van der Waals surface area (Å²) in [5.74, 6) is 2.90. The molecule has 1 fully saturated rings. The quantitative estimate of drug-likeness (QED) is 0.835. The number of para-hydroxylation sites is 1. The van der Waals surface area contributed by atoms with Crippen LogP contribution in [0.5, 0.6) is 0 Å². The van der Waals surface area contributed by atoms with Crippen molar-refractivity contribution in [2.24, 2.45) is 5.92 Å². The highest BCUT2D eigenvalue weighted by atomic mass is 32.2. The lowest BCUT2D eigenvalue weighted by Gasteiger charge is -2.13. The van der Waals surface area contributed by atoms with Crippen LogP contribution in [0.15, 0.2) is 24.3 Å². The SMILES string of the molecule is COC(=O)c1ccccc1NCC1CCSC1. The first-order valence-corrected chi connectivity index (χ1v) is 6.95. The summed E-state index contributed by atoms with van der Waals surface area (Å²) in [5.41, 5.74) is 1.48. The Morgan fingerprint density at radius 1 is 1.53 bits per heavy atom. The molecule has 3 nitrogen and oxygen atoms in total. The molecule has 0 amide bonds. The van der Waals surface area contributed by atoms with E-state index in [1.54, 1.807) is 6.07 Å². The van der Waals surface area contributed by atoms with Crippen LogP contribution >= 0.6 is 11.8 Å². The summed E-state index contributed by atoms with van der Waals surface area (Å²) in [6, 6.07) is 7.49. The van der Waals surface area contributed by atoms with Gasteiger partial charge in [-0.3, -0.25) is 0 Å². The summed E-state index contributed by atoms with van der Waals surface area (Å²) in [4.78, 5) is 11.6. The number of ether oxygens (including phenoxy) is 1. The van der Waals surface area contributed by atoms with Crippen molar-refractivity contribution in [3.05, 3.63) is 29.8 Å². The van der Waals surface area contributed by atoms with Gasteiger partial charge in [0.2, 0.25) is 0 Å². The van der Waals surface area contributed by atoms with E-state index in [4.69, 9.17) is 4.74 Å². The van der Waals surface area contributed by atoms with E-state index in [1.807, 2.05) is 30.0 Å². The maximum Gasteiger partial charge on any atom is 0.339 e. The van der Waals surface area contributed by atoms with E-state index >= 15 is 0 Å². The molecule has 17 heavy (non-hydrogen) atoms. The Morgan fingerprint density at radius 3 is 3.06 bits per heavy atom. The largest absolute Gasteiger partial charge is 0.465 e. The highest BCUT2D eigenvalue weighted by molar-refractivity contribution is 7.99. The highest BCUT2D eigenvalue weighted by Gasteiger charge is 2.16. The van der Waals surface area contributed by atoms with Gasteiger partial charge in [-0.15, -0.1) is 0 Å². The second-order valence-corrected chi connectivity index (χ2v) is 5.30. The van der Waals surface area contributed by atoms with Crippen LogP contribution in [0.2, 0.25) is 0 Å². The fraction of sp³-hybridized carbons (Fsp3) is 0.462. The fourth-order valence-corrected chi connectivity index (χ4v) is 3.21. The van der Waals surface area contributed by atoms with Crippen molar-refractivity contribution in [2.45, 2.75) is 6.42 Å². The first-order chi connectivity index (χ1) is 8.31. The number of thioether (sulfide) groups is 1. The molecule has 1 aliphatic rings. The Labute approximate surface area is 106 Å². The number of carbonyl (C=O) groups excluding carboxylic acids is 1. The van der Waals surface area contributed by atoms with Crippen molar-refractivity contribution in [1.82, 2.24) is 0 Å². The van der Waals surface area contributed by atoms with E-state index in [9.17, 15) is 4.79 Å². The molecule has 0 aromatic heterocycles. The monoisotopic (exact) mass is 251 g/mol. The molecule has 1 aliphatic heterocycles. The van der Waals surface area contributed by atoms with Gasteiger partial charge in [0.25, 0.3) is 0 Å². The molecule has 1 N–H and O–H groups in total. The highest BCUT2D eigenvalue weighted by Crippen LogP contribution is 2.24. The summed E-state index contributed by atoms with van der Waals surface area (Å²) >= 11 is 2.00. The molecule has 0 aliphatic carbocycles. The molecular weight excluding hydrogens is 234 g/mol. The lowest BCUT2D eigenvalue weighted by Crippen LogP contribution is -2.15. The number of esters is 1. The average molecular weight is 251 g/mol. The van der Waals surface area contributed by atoms with E-state index in [2.05, 4.69) is 5.32 Å². The van der Waals surface area contributed by atoms with Gasteiger partial charge < -0.3 is 10.1 Å². The van der Waals surface area contributed by atoms with Crippen LogP contribution in [-0.4, -0.2) is 31.1 Å². The molecule has 1 unspecified atom stereocenters. The summed E-state index contributed by atoms with van der Waals surface area (Å²) < 4.78 is 4.77. The summed E-state index contributed by atoms with van der Waals surface area (Å²) in [6.45, 7) is 0.932. The third kappa shape index (κ3) is 3.16. The minimum atomic E-state index is -0.283. The molecule has 4 heteroatoms. The van der Waals surface area contributed by atoms with Gasteiger partial charge in [0.05, 0.1) is 12.7 Å². The number of carbonyl (C=O) groups is 1. The summed E-state index contributed by atoms with van der Waals surface area (Å²) in [6.07, 6.45) is 1.26. The number of rotatable bonds is 4. The first kappa shape index (κ1) is 12.3. The zero-order chi connectivity index (χ0) is 12.1. The van der Waals surface area contributed by atoms with Crippen molar-refractivity contribution < 1.29 is 9.53 Å². The maximum absolute atomic E-state index is 11.6. The maximum atomic E-state index is 11.6. The topological polar surface area (TPSA) is 38.3 Å². The molecule has 0 spiro atoms. The minimum absolute atomic E-state index is 0.283. The molecule has 0 bridgehead atoms. The number of hydrogen-bond acceptors (Lipinski definition) is 4. The van der Waals surface area contributed by atoms with Gasteiger partial charge in [0.1, 0.15) is 0 Å². The average Bonchev–Trinajstić information content (AvgIpc) is 2.89. The van der Waals surface area contributed by atoms with E-state index in [0.29, 0.717) is 11.5 Å². The zero-order valence-electron chi connectivity index (χ0n) is 9.94. The molecule has 0 saturated carbocycles. The molecular formula is C13H17NO2S. The zero-order valence-corrected chi connectivity index (χ0v) is 10.8. The standard InChI is InChI=1S/C13H17NO2S/c1-16-13(15)11-4-2-3-5-12(11)14-8-10-6-7-17-9-10/h2-5,10,14H,6-9H2,1H3. The third-order valence-corrected chi connectivity index (χ3v) is 4.17. The van der Waals surface area contributed by atoms with Crippen LogP contribution in [0, 0.1) is 5.92 Å². The smallest absolute Gasteiger partial charge is 0.339 e. The normalized spacial score (nSPS) is 19.0. The van der Waals surface area contributed by atoms with Gasteiger partial charge in [-0.1, -0.05) is 12.1 Å². The van der Waals surface area contributed by atoms with Crippen molar-refractivity contribution in [1.29, 1.82) is 0 Å². The Bertz CT molecular complexity index is 389. The van der Waals surface area contributed by atoms with Crippen molar-refractivity contribution in [2.75, 3.05) is 30.5 Å². The van der Waals surface area contributed by atoms with E-state index < -0.39 is 0 Å². The predicted octanol–water partition coefficient (Wildman–Crippen LogP) is 2.64. The first-order valence-electron chi connectivity index (χ1n) is 5.80. The molecule has 1 atom stereocenters. The molecule has 1 saturated heterocycles. The Balaban J connectivity index is 2.01. The Morgan fingerprint density at radius 2 is 2.35 bits per heavy atom. The third-order valence-electron chi connectivity index (χ3n) is 2.94. The van der Waals surface area contributed by atoms with Gasteiger partial charge in [-0.2, -0.15) is 11.8 Å². The van der Waals surface area contributed by atoms with Crippen molar-refractivity contribution in [3.8, 4) is 0 Å². The van der Waals surface area contributed by atoms with Crippen LogP contribution in [0.1, 0.15) is 16.8 Å². The Kier molecular flexibility index (Phi) is 4.31. The summed E-state index contributed by atoms with van der Waals surface area (Å²) in [7, 11) is 1.41. The van der Waals surface area contributed by atoms with Crippen LogP contribution in [-0.2, 0) is 4.74 Å². The number of nitrogens with one attached hydrogen (secondary N) is 1. The molecule has 0 radical (unpaired) electrons. The molecule has 92 valence electrons. The second kappa shape index (κ2) is 5.96. The number of benzene rings is 1. The molecule has 2 rings (SSSR count). The van der Waals surface area contributed by atoms with E-state index in [0.717, 1.165) is 12.2 Å². The van der Waals surface area contributed by atoms with E-state index in [-0.39, 0.29) is 5.97 Å². The van der Waals surface area contributed by atoms with Gasteiger partial charge in [-0.25, -0.2) is 4.79 Å². The van der Waals surface area contributed by atoms with Crippen LogP contribution in [0.4, 0.5) is 5.69 Å². The van der Waals surface area contributed by atoms with Crippen molar-refractivity contribution >= 4 is 23.4 Å². The van der Waals surface area contributed by atoms with Gasteiger partial charge in [0, 0.05) is 12.2 Å². The Hall–Kier alpha value is -1.16. The lowest BCUT2D eigenvalue weighted by atomic mass is 10.1. The lowest BCUT2D eigenvalue weighted by molar-refractivity contribution is 0.0602. The van der Waals surface area contributed by atoms with Crippen LogP contribution in [0.25, 0.3) is 0 Å². The number of methoxy groups -OCH3 is 1. The van der Waals surface area contributed by atoms with Gasteiger partial charge >= 0.3 is 5.97 Å². The van der Waals surface area contributed by atoms with E-state index in [1.165, 1.54) is 25.0 Å². The molecule has 1 heterocycles. The van der Waals surface area contributed by atoms with Gasteiger partial charge in [0.15, 0.2) is 0 Å². The fourth-order valence-electron chi connectivity index (χ4n) is 1.92.